The van der Waals surface area contributed by atoms with Crippen molar-refractivity contribution in [1.29, 1.82) is 0 Å². The highest BCUT2D eigenvalue weighted by atomic mass is 32.1. The highest BCUT2D eigenvalue weighted by molar-refractivity contribution is 7.80. The van der Waals surface area contributed by atoms with Gasteiger partial charge in [-0.3, -0.25) is 14.4 Å². The van der Waals surface area contributed by atoms with Crippen LogP contribution in [-0.2, 0) is 24.0 Å². The number of carboxylic acids is 5. The number of hydrogen-bond acceptors (Lipinski definition) is 8. The zero-order valence-electron chi connectivity index (χ0n) is 13.5. The maximum atomic E-state index is 9.55. The van der Waals surface area contributed by atoms with Crippen LogP contribution in [0.5, 0.6) is 0 Å². The minimum absolute atomic E-state index is 0.156. The minimum atomic E-state index is -1.26. The van der Waals surface area contributed by atoms with E-state index in [2.05, 4.69) is 37.9 Å². The van der Waals surface area contributed by atoms with E-state index in [0.717, 1.165) is 0 Å². The average molecular weight is 435 g/mol. The summed E-state index contributed by atoms with van der Waals surface area (Å²) < 4.78 is 0. The Kier molecular flexibility index (Phi) is 31.1. The van der Waals surface area contributed by atoms with Crippen molar-refractivity contribution < 1.29 is 49.5 Å². The zero-order chi connectivity index (χ0) is 21.5. The normalized spacial score (nSPS) is 8.58. The second-order valence-electron chi connectivity index (χ2n) is 3.61. The summed E-state index contributed by atoms with van der Waals surface area (Å²) in [6.45, 7) is 0. The molecule has 152 valence electrons. The molecule has 10 nitrogen and oxygen atoms in total. The Labute approximate surface area is 166 Å². The van der Waals surface area contributed by atoms with Crippen LogP contribution in [0.1, 0.15) is 19.3 Å². The Morgan fingerprint density at radius 1 is 0.538 bits per heavy atom. The van der Waals surface area contributed by atoms with E-state index in [4.69, 9.17) is 25.5 Å². The summed E-state index contributed by atoms with van der Waals surface area (Å²) >= 11 is 11.0. The van der Waals surface area contributed by atoms with Gasteiger partial charge in [-0.05, 0) is 0 Å². The van der Waals surface area contributed by atoms with Gasteiger partial charge in [0, 0.05) is 29.4 Å². The fourth-order valence-corrected chi connectivity index (χ4v) is 1.00. The molecule has 0 heterocycles. The van der Waals surface area contributed by atoms with Gasteiger partial charge >= 0.3 is 29.8 Å². The lowest BCUT2D eigenvalue weighted by Gasteiger charge is -1.79. The first-order valence-corrected chi connectivity index (χ1v) is 8.46. The van der Waals surface area contributed by atoms with Gasteiger partial charge in [0.15, 0.2) is 0 Å². The van der Waals surface area contributed by atoms with Gasteiger partial charge < -0.3 is 25.5 Å². The van der Waals surface area contributed by atoms with Crippen molar-refractivity contribution in [2.45, 2.75) is 19.3 Å². The molecule has 0 amide bonds. The predicted octanol–water partition coefficient (Wildman–Crippen LogP) is 0.884. The monoisotopic (exact) mass is 434 g/mol. The lowest BCUT2D eigenvalue weighted by Crippen LogP contribution is -1.93. The summed E-state index contributed by atoms with van der Waals surface area (Å²) in [6.07, 6.45) is 1.58. The Bertz CT molecular complexity index is 397. The smallest absolute Gasteiger partial charge is 0.328 e. The van der Waals surface area contributed by atoms with Gasteiger partial charge in [0.1, 0.15) is 0 Å². The van der Waals surface area contributed by atoms with Crippen LogP contribution in [0.4, 0.5) is 0 Å². The second-order valence-corrected chi connectivity index (χ2v) is 4.95. The van der Waals surface area contributed by atoms with Crippen LogP contribution >= 0.6 is 37.9 Å². The average Bonchev–Trinajstić information content (AvgIpc) is 2.46. The van der Waals surface area contributed by atoms with Crippen LogP contribution in [0.2, 0.25) is 0 Å². The van der Waals surface area contributed by atoms with Crippen molar-refractivity contribution >= 4 is 67.7 Å². The largest absolute Gasteiger partial charge is 0.481 e. The molecular weight excluding hydrogens is 412 g/mol. The summed E-state index contributed by atoms with van der Waals surface area (Å²) in [6, 6.07) is 0. The number of aliphatic carboxylic acids is 5. The Morgan fingerprint density at radius 2 is 0.731 bits per heavy atom. The van der Waals surface area contributed by atoms with Gasteiger partial charge in [0.25, 0.3) is 0 Å². The molecule has 0 aliphatic rings. The van der Waals surface area contributed by atoms with E-state index in [-0.39, 0.29) is 19.3 Å². The van der Waals surface area contributed by atoms with Crippen LogP contribution in [0, 0.1) is 0 Å². The third-order valence-electron chi connectivity index (χ3n) is 1.35. The van der Waals surface area contributed by atoms with Gasteiger partial charge in [-0.15, -0.1) is 0 Å². The molecule has 13 heteroatoms. The van der Waals surface area contributed by atoms with Crippen molar-refractivity contribution in [3.8, 4) is 0 Å². The predicted molar refractivity (Wildman–Crippen MR) is 103 cm³/mol. The number of rotatable bonds is 8. The maximum Gasteiger partial charge on any atom is 0.328 e. The number of carboxylic acid groups (broad SMARTS) is 5. The molecule has 0 rings (SSSR count). The quantitative estimate of drug-likeness (QED) is 0.201. The Morgan fingerprint density at radius 3 is 0.769 bits per heavy atom. The molecule has 0 atom stereocenters. The molecule has 0 aromatic heterocycles. The van der Waals surface area contributed by atoms with Crippen molar-refractivity contribution in [1.82, 2.24) is 0 Å². The molecule has 0 aliphatic heterocycles. The number of carbonyl (C=O) groups is 5. The van der Waals surface area contributed by atoms with Crippen LogP contribution in [-0.4, -0.2) is 72.6 Å². The molecule has 26 heavy (non-hydrogen) atoms. The summed E-state index contributed by atoms with van der Waals surface area (Å²) in [5.41, 5.74) is 0. The van der Waals surface area contributed by atoms with Crippen molar-refractivity contribution in [2.75, 3.05) is 17.3 Å². The molecular formula is C13H22O10S3. The number of thiol groups is 3. The number of hydrogen-bond donors (Lipinski definition) is 8. The van der Waals surface area contributed by atoms with E-state index in [9.17, 15) is 24.0 Å². The minimum Gasteiger partial charge on any atom is -0.481 e. The van der Waals surface area contributed by atoms with Gasteiger partial charge in [0.05, 0.1) is 19.3 Å². The molecule has 5 N–H and O–H groups in total. The van der Waals surface area contributed by atoms with E-state index >= 15 is 0 Å². The lowest BCUT2D eigenvalue weighted by atomic mass is 10.5. The van der Waals surface area contributed by atoms with Crippen LogP contribution in [0.15, 0.2) is 12.2 Å². The van der Waals surface area contributed by atoms with E-state index < -0.39 is 29.8 Å². The van der Waals surface area contributed by atoms with Crippen molar-refractivity contribution in [3.05, 3.63) is 12.2 Å². The first-order valence-electron chi connectivity index (χ1n) is 6.56. The van der Waals surface area contributed by atoms with E-state index in [1.54, 1.807) is 0 Å². The van der Waals surface area contributed by atoms with Gasteiger partial charge in [-0.25, -0.2) is 9.59 Å². The lowest BCUT2D eigenvalue weighted by molar-refractivity contribution is -0.137. The van der Waals surface area contributed by atoms with E-state index in [0.29, 0.717) is 29.4 Å². The van der Waals surface area contributed by atoms with Crippen molar-refractivity contribution in [3.63, 3.8) is 0 Å². The highest BCUT2D eigenvalue weighted by Gasteiger charge is 1.89. The molecule has 0 saturated heterocycles. The molecule has 0 spiro atoms. The summed E-state index contributed by atoms with van der Waals surface area (Å²) in [5.74, 6) is -3.60. The fraction of sp³-hybridized carbons (Fsp3) is 0.462. The maximum absolute atomic E-state index is 9.55. The Hall–Kier alpha value is -1.86. The molecule has 0 saturated carbocycles. The molecule has 0 aromatic rings. The zero-order valence-corrected chi connectivity index (χ0v) is 16.2. The first-order chi connectivity index (χ1) is 11.9. The fourth-order valence-electron chi connectivity index (χ4n) is 0.430. The van der Waals surface area contributed by atoms with Gasteiger partial charge in [0.2, 0.25) is 0 Å². The third kappa shape index (κ3) is 67.1. The highest BCUT2D eigenvalue weighted by Crippen LogP contribution is 1.80. The third-order valence-corrected chi connectivity index (χ3v) is 2.02. The molecule has 0 aromatic carbocycles. The van der Waals surface area contributed by atoms with E-state index in [1.165, 1.54) is 0 Å². The molecule has 0 unspecified atom stereocenters. The van der Waals surface area contributed by atoms with Crippen LogP contribution in [0.3, 0.4) is 0 Å². The molecule has 0 radical (unpaired) electrons. The van der Waals surface area contributed by atoms with Gasteiger partial charge in [-0.2, -0.15) is 37.9 Å². The van der Waals surface area contributed by atoms with Gasteiger partial charge in [-0.1, -0.05) is 0 Å². The van der Waals surface area contributed by atoms with E-state index in [1.807, 2.05) is 0 Å². The van der Waals surface area contributed by atoms with Crippen molar-refractivity contribution in [2.24, 2.45) is 0 Å². The summed E-state index contributed by atoms with van der Waals surface area (Å²) in [4.78, 5) is 47.8. The summed E-state index contributed by atoms with van der Waals surface area (Å²) in [5, 5.41) is 39.2. The summed E-state index contributed by atoms with van der Waals surface area (Å²) in [7, 11) is 0. The molecule has 0 fully saturated rings. The van der Waals surface area contributed by atoms with Crippen LogP contribution in [0.25, 0.3) is 0 Å². The molecule has 0 bridgehead atoms. The topological polar surface area (TPSA) is 186 Å². The second kappa shape index (κ2) is 25.4. The SMILES string of the molecule is O=C(O)/C=C\C(=O)O.O=C(O)CCS.O=C(O)CCS.O=C(O)CCS. The Balaban J connectivity index is -0.000000125. The first kappa shape index (κ1) is 31.9. The molecule has 0 aliphatic carbocycles. The van der Waals surface area contributed by atoms with Crippen LogP contribution < -0.4 is 0 Å². The standard InChI is InChI=1S/C4H4O4.3C3H6O2S/c5-3(6)1-2-4(7)8;3*4-3(5)1-2-6/h1-2H,(H,5,6)(H,7,8);3*6H,1-2H2,(H,4,5)/b2-1-;;;.